The van der Waals surface area contributed by atoms with Crippen LogP contribution in [0.5, 0.6) is 0 Å². The van der Waals surface area contributed by atoms with Gasteiger partial charge in [0.05, 0.1) is 39.4 Å². The van der Waals surface area contributed by atoms with E-state index < -0.39 is 46.2 Å². The number of nitrogens with one attached hydrogen (secondary N) is 5. The Morgan fingerprint density at radius 3 is 2.58 bits per heavy atom. The van der Waals surface area contributed by atoms with E-state index in [2.05, 4.69) is 26.3 Å². The molecule has 1 aromatic heterocycles. The maximum atomic E-state index is 14.3. The largest absolute Gasteiger partial charge is 0.419 e. The number of H-pyrrole nitrogens is 1. The zero-order valence-corrected chi connectivity index (χ0v) is 19.0. The lowest BCUT2D eigenvalue weighted by atomic mass is 9.92. The number of amides is 3. The molecule has 2 aromatic rings. The average Bonchev–Trinajstić information content (AvgIpc) is 3.29. The fourth-order valence-corrected chi connectivity index (χ4v) is 4.41. The molecule has 0 unspecified atom stereocenters. The van der Waals surface area contributed by atoms with Crippen molar-refractivity contribution in [1.82, 2.24) is 15.6 Å². The third kappa shape index (κ3) is 4.84. The molecule has 13 heteroatoms. The minimum absolute atomic E-state index is 0.00606. The summed E-state index contributed by atoms with van der Waals surface area (Å²) >= 11 is 0. The van der Waals surface area contributed by atoms with Gasteiger partial charge in [0.2, 0.25) is 6.41 Å². The first-order chi connectivity index (χ1) is 16.9. The highest BCUT2D eigenvalue weighted by Crippen LogP contribution is 2.41. The van der Waals surface area contributed by atoms with Crippen molar-refractivity contribution < 1.29 is 37.1 Å². The van der Waals surface area contributed by atoms with Crippen molar-refractivity contribution in [1.29, 1.82) is 0 Å². The number of rotatable bonds is 6. The topological polar surface area (TPSA) is 135 Å². The number of aromatic amines is 1. The lowest BCUT2D eigenvalue weighted by molar-refractivity contribution is -0.138. The Kier molecular flexibility index (Phi) is 6.62. The summed E-state index contributed by atoms with van der Waals surface area (Å²) in [6.07, 6.45) is -3.17. The van der Waals surface area contributed by atoms with Crippen LogP contribution in [0, 0.1) is 12.7 Å². The molecule has 1 aromatic carbocycles. The number of alkyl halides is 3. The van der Waals surface area contributed by atoms with Crippen LogP contribution in [0.3, 0.4) is 0 Å². The number of piperidine rings is 1. The van der Waals surface area contributed by atoms with Crippen molar-refractivity contribution in [3.8, 4) is 0 Å². The molecular weight excluding hydrogens is 486 g/mol. The monoisotopic (exact) mass is 509 g/mol. The Hall–Kier alpha value is -3.71. The van der Waals surface area contributed by atoms with Gasteiger partial charge in [-0.3, -0.25) is 14.4 Å². The van der Waals surface area contributed by atoms with Crippen LogP contribution in [0.15, 0.2) is 12.1 Å². The number of carbonyl (C=O) groups excluding carboxylic acids is 3. The van der Waals surface area contributed by atoms with Gasteiger partial charge in [0.1, 0.15) is 5.82 Å². The van der Waals surface area contributed by atoms with Gasteiger partial charge in [-0.15, -0.1) is 0 Å². The highest BCUT2D eigenvalue weighted by Gasteiger charge is 2.41. The average molecular weight is 509 g/mol. The minimum Gasteiger partial charge on any atom is -0.388 e. The molecular formula is C23H23F4N5O4. The van der Waals surface area contributed by atoms with Crippen molar-refractivity contribution >= 4 is 41.2 Å². The van der Waals surface area contributed by atoms with Crippen LogP contribution in [0.2, 0.25) is 0 Å². The first kappa shape index (κ1) is 25.4. The van der Waals surface area contributed by atoms with Gasteiger partial charge in [-0.1, -0.05) is 0 Å². The van der Waals surface area contributed by atoms with Crippen molar-refractivity contribution in [2.45, 2.75) is 31.5 Å². The van der Waals surface area contributed by atoms with E-state index in [0.717, 1.165) is 18.2 Å². The van der Waals surface area contributed by atoms with Crippen LogP contribution in [-0.4, -0.2) is 53.6 Å². The summed E-state index contributed by atoms with van der Waals surface area (Å²) in [6, 6.07) is 2.06. The number of aromatic nitrogens is 1. The molecule has 0 spiro atoms. The smallest absolute Gasteiger partial charge is 0.388 e. The molecule has 36 heavy (non-hydrogen) atoms. The molecule has 2 aliphatic heterocycles. The number of fused-ring (bicyclic) bond motifs is 1. The molecule has 6 N–H and O–H groups in total. The van der Waals surface area contributed by atoms with E-state index in [-0.39, 0.29) is 41.2 Å². The maximum absolute atomic E-state index is 14.3. The molecule has 2 aliphatic rings. The van der Waals surface area contributed by atoms with Crippen LogP contribution in [-0.2, 0) is 15.8 Å². The van der Waals surface area contributed by atoms with E-state index in [4.69, 9.17) is 0 Å². The summed E-state index contributed by atoms with van der Waals surface area (Å²) in [5.74, 6) is -2.70. The second kappa shape index (κ2) is 9.39. The zero-order valence-electron chi connectivity index (χ0n) is 19.0. The summed E-state index contributed by atoms with van der Waals surface area (Å²) in [6.45, 7) is 2.08. The van der Waals surface area contributed by atoms with Crippen molar-refractivity contribution in [3.63, 3.8) is 0 Å². The van der Waals surface area contributed by atoms with Crippen LogP contribution < -0.4 is 21.3 Å². The third-order valence-electron chi connectivity index (χ3n) is 6.23. The van der Waals surface area contributed by atoms with Crippen molar-refractivity contribution in [2.75, 3.05) is 30.3 Å². The summed E-state index contributed by atoms with van der Waals surface area (Å²) in [7, 11) is 0. The number of hydrogen-bond donors (Lipinski definition) is 6. The standard InChI is InChI=1S/C23H23F4N5O4/c1-11-18(21(35)29-9-22(36)2-4-28-5-3-22)19(23(25,26)27)17(31-11)7-13-12-6-14(24)16(30-10-33)8-15(12)32-20(13)34/h6-8,10,28,31,36H,2-5,9H2,1H3,(H,29,35)(H,30,33)(H,32,34)/b13-7-. The first-order valence-electron chi connectivity index (χ1n) is 11.0. The number of carbonyl (C=O) groups is 3. The van der Waals surface area contributed by atoms with E-state index in [9.17, 15) is 37.1 Å². The number of aliphatic hydroxyl groups is 1. The number of benzene rings is 1. The molecule has 3 amide bonds. The SMILES string of the molecule is Cc1[nH]c(/C=C2\C(=O)Nc3cc(NC=O)c(F)cc32)c(C(F)(F)F)c1C(=O)NCC1(O)CCNCC1. The molecule has 0 radical (unpaired) electrons. The summed E-state index contributed by atoms with van der Waals surface area (Å²) < 4.78 is 56.7. The molecule has 3 heterocycles. The fourth-order valence-electron chi connectivity index (χ4n) is 4.41. The van der Waals surface area contributed by atoms with Gasteiger partial charge < -0.3 is 31.4 Å². The first-order valence-corrected chi connectivity index (χ1v) is 11.0. The third-order valence-corrected chi connectivity index (χ3v) is 6.23. The highest BCUT2D eigenvalue weighted by atomic mass is 19.4. The van der Waals surface area contributed by atoms with Gasteiger partial charge in [-0.2, -0.15) is 13.2 Å². The number of aryl methyl sites for hydroxylation is 1. The van der Waals surface area contributed by atoms with Gasteiger partial charge >= 0.3 is 6.18 Å². The molecule has 0 saturated carbocycles. The highest BCUT2D eigenvalue weighted by molar-refractivity contribution is 6.35. The predicted molar refractivity (Wildman–Crippen MR) is 123 cm³/mol. The summed E-state index contributed by atoms with van der Waals surface area (Å²) in [5, 5.41) is 20.6. The van der Waals surface area contributed by atoms with E-state index in [1.54, 1.807) is 0 Å². The van der Waals surface area contributed by atoms with Gasteiger partial charge in [0, 0.05) is 17.8 Å². The van der Waals surface area contributed by atoms with Crippen LogP contribution in [0.4, 0.5) is 28.9 Å². The minimum atomic E-state index is -4.98. The lowest BCUT2D eigenvalue weighted by Gasteiger charge is -2.32. The van der Waals surface area contributed by atoms with Crippen LogP contribution in [0.1, 0.15) is 45.7 Å². The van der Waals surface area contributed by atoms with E-state index >= 15 is 0 Å². The summed E-state index contributed by atoms with van der Waals surface area (Å²) in [4.78, 5) is 38.5. The Morgan fingerprint density at radius 1 is 1.25 bits per heavy atom. The molecule has 192 valence electrons. The molecule has 0 bridgehead atoms. The van der Waals surface area contributed by atoms with Gasteiger partial charge in [0.25, 0.3) is 11.8 Å². The van der Waals surface area contributed by atoms with Crippen LogP contribution in [0.25, 0.3) is 11.6 Å². The molecule has 1 fully saturated rings. The zero-order chi connectivity index (χ0) is 26.3. The number of anilines is 2. The number of halogens is 4. The molecule has 1 saturated heterocycles. The van der Waals surface area contributed by atoms with Gasteiger partial charge in [-0.05, 0) is 51.1 Å². The Morgan fingerprint density at radius 2 is 1.94 bits per heavy atom. The van der Waals surface area contributed by atoms with E-state index in [1.807, 2.05) is 0 Å². The normalized spacial score (nSPS) is 18.1. The quantitative estimate of drug-likeness (QED) is 0.202. The Bertz CT molecular complexity index is 1260. The Labute approximate surface area is 202 Å². The van der Waals surface area contributed by atoms with Crippen LogP contribution >= 0.6 is 0 Å². The lowest BCUT2D eigenvalue weighted by Crippen LogP contribution is -2.49. The Balaban J connectivity index is 1.72. The molecule has 9 nitrogen and oxygen atoms in total. The number of hydrogen-bond acceptors (Lipinski definition) is 5. The van der Waals surface area contributed by atoms with Crippen molar-refractivity contribution in [3.05, 3.63) is 46.0 Å². The summed E-state index contributed by atoms with van der Waals surface area (Å²) in [5.41, 5.74) is -4.23. The molecule has 4 rings (SSSR count). The predicted octanol–water partition coefficient (Wildman–Crippen LogP) is 2.39. The maximum Gasteiger partial charge on any atom is 0.419 e. The molecule has 0 atom stereocenters. The fraction of sp³-hybridized carbons (Fsp3) is 0.348. The van der Waals surface area contributed by atoms with E-state index in [0.29, 0.717) is 25.9 Å². The van der Waals surface area contributed by atoms with E-state index in [1.165, 1.54) is 6.92 Å². The second-order valence-corrected chi connectivity index (χ2v) is 8.72. The van der Waals surface area contributed by atoms with Gasteiger partial charge in [0.15, 0.2) is 0 Å². The van der Waals surface area contributed by atoms with Gasteiger partial charge in [-0.25, -0.2) is 4.39 Å². The second-order valence-electron chi connectivity index (χ2n) is 8.72. The van der Waals surface area contributed by atoms with Crippen molar-refractivity contribution in [2.24, 2.45) is 0 Å². The molecule has 0 aliphatic carbocycles.